The summed E-state index contributed by atoms with van der Waals surface area (Å²) < 4.78 is 0. The third kappa shape index (κ3) is 2.94. The van der Waals surface area contributed by atoms with Crippen LogP contribution < -0.4 is 0 Å². The molecule has 1 N–H and O–H groups in total. The summed E-state index contributed by atoms with van der Waals surface area (Å²) in [4.78, 5) is 23.3. The summed E-state index contributed by atoms with van der Waals surface area (Å²) >= 11 is 1.41. The third-order valence-electron chi connectivity index (χ3n) is 4.29. The Morgan fingerprint density at radius 3 is 3.00 bits per heavy atom. The molecule has 0 spiro atoms. The van der Waals surface area contributed by atoms with Crippen LogP contribution in [0.5, 0.6) is 0 Å². The lowest BCUT2D eigenvalue weighted by atomic mass is 10.0. The van der Waals surface area contributed by atoms with E-state index in [2.05, 4.69) is 32.3 Å². The number of hydrogen-bond acceptors (Lipinski definition) is 5. The van der Waals surface area contributed by atoms with Crippen LogP contribution in [0.25, 0.3) is 10.8 Å². The molecule has 4 rings (SSSR count). The highest BCUT2D eigenvalue weighted by Gasteiger charge is 2.30. The molecule has 1 fully saturated rings. The van der Waals surface area contributed by atoms with Crippen molar-refractivity contribution in [1.82, 2.24) is 25.1 Å². The molecule has 1 atom stereocenters. The van der Waals surface area contributed by atoms with Gasteiger partial charge >= 0.3 is 0 Å². The normalized spacial score (nSPS) is 17.3. The fourth-order valence-corrected chi connectivity index (χ4v) is 3.88. The van der Waals surface area contributed by atoms with Gasteiger partial charge in [-0.15, -0.1) is 11.3 Å². The Kier molecular flexibility index (Phi) is 4.08. The van der Waals surface area contributed by atoms with Crippen LogP contribution in [0.15, 0.2) is 42.0 Å². The van der Waals surface area contributed by atoms with Crippen LogP contribution in [-0.4, -0.2) is 43.6 Å². The fraction of sp³-hybridized carbons (Fsp3) is 0.294. The first-order valence-electron chi connectivity index (χ1n) is 7.97. The number of likely N-dealkylation sites (tertiary alicyclic amines) is 1. The van der Waals surface area contributed by atoms with Crippen molar-refractivity contribution in [3.63, 3.8) is 0 Å². The Morgan fingerprint density at radius 2 is 2.21 bits per heavy atom. The highest BCUT2D eigenvalue weighted by atomic mass is 32.1. The van der Waals surface area contributed by atoms with Gasteiger partial charge in [0.05, 0.1) is 0 Å². The van der Waals surface area contributed by atoms with Crippen molar-refractivity contribution in [3.05, 3.63) is 53.3 Å². The SMILES string of the molecule is O=C(c1csc(-c2ncn[nH]2)n1)N1CCC[C@@H]1Cc1ccccc1. The number of nitrogens with one attached hydrogen (secondary N) is 1. The fourth-order valence-electron chi connectivity index (χ4n) is 3.14. The molecule has 1 aliphatic heterocycles. The van der Waals surface area contributed by atoms with E-state index in [1.165, 1.54) is 23.2 Å². The van der Waals surface area contributed by atoms with Crippen molar-refractivity contribution in [3.8, 4) is 10.8 Å². The quantitative estimate of drug-likeness (QED) is 0.793. The molecule has 7 heteroatoms. The second-order valence-corrected chi connectivity index (χ2v) is 6.71. The van der Waals surface area contributed by atoms with Gasteiger partial charge in [-0.2, -0.15) is 5.10 Å². The number of thiazole rings is 1. The minimum absolute atomic E-state index is 0.00967. The first-order chi connectivity index (χ1) is 11.8. The summed E-state index contributed by atoms with van der Waals surface area (Å²) in [5.74, 6) is 0.608. The van der Waals surface area contributed by atoms with Crippen molar-refractivity contribution in [2.75, 3.05) is 6.54 Å². The highest BCUT2D eigenvalue weighted by molar-refractivity contribution is 7.13. The lowest BCUT2D eigenvalue weighted by molar-refractivity contribution is 0.0731. The zero-order valence-corrected chi connectivity index (χ0v) is 13.9. The van der Waals surface area contributed by atoms with Crippen molar-refractivity contribution >= 4 is 17.2 Å². The molecule has 0 unspecified atom stereocenters. The topological polar surface area (TPSA) is 74.8 Å². The maximum Gasteiger partial charge on any atom is 0.273 e. The summed E-state index contributed by atoms with van der Waals surface area (Å²) in [6, 6.07) is 10.6. The second kappa shape index (κ2) is 6.52. The number of rotatable bonds is 4. The van der Waals surface area contributed by atoms with E-state index < -0.39 is 0 Å². The molecule has 24 heavy (non-hydrogen) atoms. The maximum atomic E-state index is 12.9. The first kappa shape index (κ1) is 15.0. The predicted molar refractivity (Wildman–Crippen MR) is 91.7 cm³/mol. The molecule has 1 aromatic carbocycles. The van der Waals surface area contributed by atoms with Crippen LogP contribution in [-0.2, 0) is 6.42 Å². The van der Waals surface area contributed by atoms with E-state index in [9.17, 15) is 4.79 Å². The molecule has 1 aliphatic rings. The van der Waals surface area contributed by atoms with Gasteiger partial charge in [0, 0.05) is 18.0 Å². The average molecular weight is 339 g/mol. The molecule has 6 nitrogen and oxygen atoms in total. The molecule has 3 heterocycles. The molecule has 0 bridgehead atoms. The van der Waals surface area contributed by atoms with Gasteiger partial charge in [-0.25, -0.2) is 9.97 Å². The second-order valence-electron chi connectivity index (χ2n) is 5.86. The number of aromatic amines is 1. The number of carbonyl (C=O) groups excluding carboxylic acids is 1. The number of nitrogens with zero attached hydrogens (tertiary/aromatic N) is 4. The van der Waals surface area contributed by atoms with Gasteiger partial charge in [0.1, 0.15) is 12.0 Å². The summed E-state index contributed by atoms with van der Waals surface area (Å²) in [6.45, 7) is 0.797. The van der Waals surface area contributed by atoms with Crippen molar-refractivity contribution in [2.45, 2.75) is 25.3 Å². The molecule has 2 aromatic heterocycles. The molecular formula is C17H17N5OS. The Balaban J connectivity index is 1.51. The highest BCUT2D eigenvalue weighted by Crippen LogP contribution is 2.25. The lowest BCUT2D eigenvalue weighted by Crippen LogP contribution is -2.37. The van der Waals surface area contributed by atoms with E-state index in [0.717, 1.165) is 25.8 Å². The Hall–Kier alpha value is -2.54. The number of amides is 1. The Bertz CT molecular complexity index is 815. The zero-order chi connectivity index (χ0) is 16.4. The van der Waals surface area contributed by atoms with Crippen LogP contribution in [0.2, 0.25) is 0 Å². The molecular weight excluding hydrogens is 322 g/mol. The number of hydrogen-bond donors (Lipinski definition) is 1. The number of H-pyrrole nitrogens is 1. The number of benzene rings is 1. The minimum atomic E-state index is 0.00967. The zero-order valence-electron chi connectivity index (χ0n) is 13.1. The number of aromatic nitrogens is 4. The average Bonchev–Trinajstić information content (AvgIpc) is 3.36. The maximum absolute atomic E-state index is 12.9. The summed E-state index contributed by atoms with van der Waals surface area (Å²) in [5, 5.41) is 9.10. The summed E-state index contributed by atoms with van der Waals surface area (Å²) in [5.41, 5.74) is 1.76. The van der Waals surface area contributed by atoms with E-state index in [4.69, 9.17) is 0 Å². The molecule has 0 radical (unpaired) electrons. The molecule has 3 aromatic rings. The van der Waals surface area contributed by atoms with Crippen LogP contribution in [0, 0.1) is 0 Å². The predicted octanol–water partition coefficient (Wildman–Crippen LogP) is 2.78. The Morgan fingerprint density at radius 1 is 1.33 bits per heavy atom. The molecule has 0 aliphatic carbocycles. The van der Waals surface area contributed by atoms with Gasteiger partial charge in [0.15, 0.2) is 10.8 Å². The molecule has 1 saturated heterocycles. The van der Waals surface area contributed by atoms with E-state index >= 15 is 0 Å². The Labute approximate surface area is 143 Å². The smallest absolute Gasteiger partial charge is 0.273 e. The lowest BCUT2D eigenvalue weighted by Gasteiger charge is -2.24. The van der Waals surface area contributed by atoms with Gasteiger partial charge in [-0.1, -0.05) is 30.3 Å². The third-order valence-corrected chi connectivity index (χ3v) is 5.14. The van der Waals surface area contributed by atoms with Crippen molar-refractivity contribution < 1.29 is 4.79 Å². The number of carbonyl (C=O) groups is 1. The standard InChI is InChI=1S/C17H17N5OS/c23-17(14-10-24-16(20-14)15-18-11-19-21-15)22-8-4-7-13(22)9-12-5-2-1-3-6-12/h1-3,5-6,10-11,13H,4,7-9H2,(H,18,19,21)/t13-/m1/s1. The van der Waals surface area contributed by atoms with Gasteiger partial charge < -0.3 is 4.90 Å². The van der Waals surface area contributed by atoms with Crippen molar-refractivity contribution in [2.24, 2.45) is 0 Å². The van der Waals surface area contributed by atoms with Gasteiger partial charge in [-0.3, -0.25) is 9.89 Å². The summed E-state index contributed by atoms with van der Waals surface area (Å²) in [7, 11) is 0. The van der Waals surface area contributed by atoms with Crippen LogP contribution in [0.3, 0.4) is 0 Å². The molecule has 122 valence electrons. The van der Waals surface area contributed by atoms with Crippen molar-refractivity contribution in [1.29, 1.82) is 0 Å². The van der Waals surface area contributed by atoms with Gasteiger partial charge in [0.25, 0.3) is 5.91 Å². The molecule has 0 saturated carbocycles. The van der Waals surface area contributed by atoms with Gasteiger partial charge in [-0.05, 0) is 24.8 Å². The monoisotopic (exact) mass is 339 g/mol. The van der Waals surface area contributed by atoms with E-state index in [-0.39, 0.29) is 11.9 Å². The largest absolute Gasteiger partial charge is 0.334 e. The molecule has 1 amide bonds. The minimum Gasteiger partial charge on any atom is -0.334 e. The summed E-state index contributed by atoms with van der Waals surface area (Å²) in [6.07, 6.45) is 4.42. The van der Waals surface area contributed by atoms with Crippen LogP contribution in [0.4, 0.5) is 0 Å². The first-order valence-corrected chi connectivity index (χ1v) is 8.85. The van der Waals surface area contributed by atoms with Crippen LogP contribution >= 0.6 is 11.3 Å². The van der Waals surface area contributed by atoms with Crippen LogP contribution in [0.1, 0.15) is 28.9 Å². The van der Waals surface area contributed by atoms with E-state index in [1.807, 2.05) is 23.1 Å². The van der Waals surface area contributed by atoms with E-state index in [1.54, 1.807) is 5.38 Å². The van der Waals surface area contributed by atoms with Gasteiger partial charge in [0.2, 0.25) is 0 Å². The van der Waals surface area contributed by atoms with E-state index in [0.29, 0.717) is 16.5 Å².